The second kappa shape index (κ2) is 12.9. The summed E-state index contributed by atoms with van der Waals surface area (Å²) < 4.78 is 126. The van der Waals surface area contributed by atoms with E-state index in [4.69, 9.17) is 20.4 Å². The zero-order chi connectivity index (χ0) is 39.9. The summed E-state index contributed by atoms with van der Waals surface area (Å²) in [4.78, 5) is 17.1. The number of piperazine rings is 1. The van der Waals surface area contributed by atoms with Crippen LogP contribution in [-0.4, -0.2) is 89.5 Å². The number of anilines is 1. The standard InChI is InChI=1S/C32H42BF3N4O5/c1-20(44-5)29-26(15-24(17-37-29)39-12-10-38(11-13-39)23-7-8-23)30-27(16-31(3,4)19-45-21(2)41)25-14-22(33(42)43)6-9-28(25)40(30)18-32(34,35)36/h6,9,14-15,17,20,23,42-43H,7-8,10-13,16,18-19H2,1-5H3/t20-/m0/s1/i10D2,11D2,12D2,13D2. The van der Waals surface area contributed by atoms with E-state index < -0.39 is 75.0 Å². The number of benzene rings is 1. The van der Waals surface area contributed by atoms with Crippen molar-refractivity contribution in [1.82, 2.24) is 14.5 Å². The van der Waals surface area contributed by atoms with E-state index in [2.05, 4.69) is 4.98 Å². The summed E-state index contributed by atoms with van der Waals surface area (Å²) in [6.07, 6.45) is -4.15. The molecule has 2 aromatic heterocycles. The molecule has 1 atom stereocenters. The maximum atomic E-state index is 14.5. The van der Waals surface area contributed by atoms with Crippen molar-refractivity contribution in [2.24, 2.45) is 5.41 Å². The fourth-order valence-electron chi connectivity index (χ4n) is 5.38. The van der Waals surface area contributed by atoms with Crippen LogP contribution in [0.1, 0.15) is 68.9 Å². The Morgan fingerprint density at radius 1 is 1.18 bits per heavy atom. The molecule has 0 unspecified atom stereocenters. The van der Waals surface area contributed by atoms with Gasteiger partial charge in [0.05, 0.1) is 41.5 Å². The van der Waals surface area contributed by atoms with Gasteiger partial charge in [0, 0.05) is 73.4 Å². The van der Waals surface area contributed by atoms with Gasteiger partial charge < -0.3 is 29.0 Å². The summed E-state index contributed by atoms with van der Waals surface area (Å²) in [5.74, 6) is -0.596. The van der Waals surface area contributed by atoms with Crippen LogP contribution in [0.3, 0.4) is 0 Å². The maximum absolute atomic E-state index is 14.5. The first-order valence-corrected chi connectivity index (χ1v) is 14.5. The first-order chi connectivity index (χ1) is 24.2. The molecule has 0 amide bonds. The van der Waals surface area contributed by atoms with Crippen LogP contribution in [-0.2, 0) is 27.2 Å². The number of halogens is 3. The Bertz CT molecular complexity index is 1860. The van der Waals surface area contributed by atoms with Gasteiger partial charge in [0.2, 0.25) is 0 Å². The average molecular weight is 639 g/mol. The van der Waals surface area contributed by atoms with Crippen LogP contribution in [0.25, 0.3) is 22.2 Å². The number of fused-ring (bicyclic) bond motifs is 1. The summed E-state index contributed by atoms with van der Waals surface area (Å²) in [5.41, 5.74) is -1.42. The van der Waals surface area contributed by atoms with E-state index in [-0.39, 0.29) is 51.9 Å². The van der Waals surface area contributed by atoms with E-state index in [0.717, 1.165) is 16.8 Å². The van der Waals surface area contributed by atoms with Crippen LogP contribution in [0.5, 0.6) is 0 Å². The molecule has 2 fully saturated rings. The predicted molar refractivity (Wildman–Crippen MR) is 167 cm³/mol. The van der Waals surface area contributed by atoms with Gasteiger partial charge in [-0.3, -0.25) is 14.7 Å². The van der Waals surface area contributed by atoms with Gasteiger partial charge in [-0.15, -0.1) is 0 Å². The molecule has 1 aliphatic carbocycles. The van der Waals surface area contributed by atoms with Crippen molar-refractivity contribution in [2.75, 3.05) is 44.6 Å². The Labute approximate surface area is 273 Å². The van der Waals surface area contributed by atoms with Crippen molar-refractivity contribution in [1.29, 1.82) is 0 Å². The molecular formula is C32H42BF3N4O5. The van der Waals surface area contributed by atoms with Gasteiger partial charge in [-0.25, -0.2) is 0 Å². The molecule has 9 nitrogen and oxygen atoms in total. The molecule has 244 valence electrons. The molecule has 2 aliphatic rings. The predicted octanol–water partition coefficient (Wildman–Crippen LogP) is 4.07. The minimum absolute atomic E-state index is 0.0119. The van der Waals surface area contributed by atoms with Gasteiger partial charge in [0.15, 0.2) is 0 Å². The maximum Gasteiger partial charge on any atom is 0.488 e. The zero-order valence-electron chi connectivity index (χ0n) is 33.7. The summed E-state index contributed by atoms with van der Waals surface area (Å²) in [5, 5.41) is 20.3. The van der Waals surface area contributed by atoms with Crippen molar-refractivity contribution < 1.29 is 48.5 Å². The number of pyridine rings is 1. The number of methoxy groups -OCH3 is 1. The molecule has 5 rings (SSSR count). The molecular weight excluding hydrogens is 588 g/mol. The molecule has 1 saturated carbocycles. The fraction of sp³-hybridized carbons (Fsp3) is 0.562. The van der Waals surface area contributed by atoms with Crippen molar-refractivity contribution in [3.8, 4) is 11.3 Å². The highest BCUT2D eigenvalue weighted by molar-refractivity contribution is 6.58. The molecule has 3 heterocycles. The molecule has 3 aromatic rings. The monoisotopic (exact) mass is 638 g/mol. The first kappa shape index (κ1) is 24.1. The quantitative estimate of drug-likeness (QED) is 0.240. The second-order valence-electron chi connectivity index (χ2n) is 12.2. The van der Waals surface area contributed by atoms with Crippen molar-refractivity contribution >= 4 is 35.1 Å². The Balaban J connectivity index is 1.88. The van der Waals surface area contributed by atoms with Crippen LogP contribution < -0.4 is 10.4 Å². The number of nitrogens with zero attached hydrogens (tertiary/aromatic N) is 4. The number of ether oxygens (including phenoxy) is 2. The van der Waals surface area contributed by atoms with Crippen LogP contribution in [0, 0.1) is 5.41 Å². The third kappa shape index (κ3) is 7.65. The molecule has 2 N–H and O–H groups in total. The minimum atomic E-state index is -4.82. The van der Waals surface area contributed by atoms with E-state index in [9.17, 15) is 28.0 Å². The highest BCUT2D eigenvalue weighted by atomic mass is 19.4. The summed E-state index contributed by atoms with van der Waals surface area (Å²) in [6, 6.07) is 4.25. The highest BCUT2D eigenvalue weighted by Gasteiger charge is 2.36. The van der Waals surface area contributed by atoms with Crippen molar-refractivity contribution in [2.45, 2.75) is 71.8 Å². The van der Waals surface area contributed by atoms with Crippen LogP contribution in [0.4, 0.5) is 18.9 Å². The van der Waals surface area contributed by atoms with Gasteiger partial charge in [0.1, 0.15) is 6.54 Å². The number of hydrogen-bond acceptors (Lipinski definition) is 8. The third-order valence-corrected chi connectivity index (χ3v) is 7.78. The van der Waals surface area contributed by atoms with Crippen LogP contribution in [0.2, 0.25) is 0 Å². The number of hydrogen-bond donors (Lipinski definition) is 2. The normalized spacial score (nSPS) is 24.3. The minimum Gasteiger partial charge on any atom is -0.465 e. The third-order valence-electron chi connectivity index (χ3n) is 7.78. The SMILES string of the molecule is [2H]C1([2H])N(c2cnc([C@H](C)OC)c(-c3c(CC(C)(C)COC(C)=O)c4cc(B(O)O)ccc4n3CC(F)(F)F)c2)C([2H])([2H])C([2H])([2H])N(C2CC2)C1([2H])[2H]. The molecule has 1 saturated heterocycles. The van der Waals surface area contributed by atoms with Crippen LogP contribution >= 0.6 is 0 Å². The topological polar surface area (TPSA) is 100 Å². The van der Waals surface area contributed by atoms with Gasteiger partial charge in [-0.05, 0) is 49.3 Å². The molecule has 0 spiro atoms. The molecule has 0 radical (unpaired) electrons. The lowest BCUT2D eigenvalue weighted by atomic mass is 9.78. The number of rotatable bonds is 11. The Morgan fingerprint density at radius 3 is 2.44 bits per heavy atom. The molecule has 1 aliphatic heterocycles. The van der Waals surface area contributed by atoms with E-state index >= 15 is 0 Å². The van der Waals surface area contributed by atoms with E-state index in [1.807, 2.05) is 0 Å². The Morgan fingerprint density at radius 2 is 1.87 bits per heavy atom. The summed E-state index contributed by atoms with van der Waals surface area (Å²) >= 11 is 0. The smallest absolute Gasteiger partial charge is 0.465 e. The largest absolute Gasteiger partial charge is 0.488 e. The van der Waals surface area contributed by atoms with E-state index in [0.29, 0.717) is 22.6 Å². The molecule has 45 heavy (non-hydrogen) atoms. The van der Waals surface area contributed by atoms with Gasteiger partial charge in [-0.2, -0.15) is 13.2 Å². The summed E-state index contributed by atoms with van der Waals surface area (Å²) in [6.45, 7) is -8.26. The zero-order valence-corrected chi connectivity index (χ0v) is 25.7. The van der Waals surface area contributed by atoms with E-state index in [1.165, 1.54) is 32.2 Å². The van der Waals surface area contributed by atoms with Crippen molar-refractivity contribution in [3.63, 3.8) is 0 Å². The number of aromatic nitrogens is 2. The van der Waals surface area contributed by atoms with E-state index in [1.54, 1.807) is 20.8 Å². The molecule has 1 aromatic carbocycles. The van der Waals surface area contributed by atoms with Crippen LogP contribution in [0.15, 0.2) is 30.5 Å². The second-order valence-corrected chi connectivity index (χ2v) is 12.2. The molecule has 0 bridgehead atoms. The fourth-order valence-corrected chi connectivity index (χ4v) is 5.38. The molecule has 13 heteroatoms. The highest BCUT2D eigenvalue weighted by Crippen LogP contribution is 2.43. The van der Waals surface area contributed by atoms with Gasteiger partial charge in [-0.1, -0.05) is 26.0 Å². The lowest BCUT2D eigenvalue weighted by Gasteiger charge is -2.36. The lowest BCUT2D eigenvalue weighted by Crippen LogP contribution is -2.47. The number of esters is 1. The number of carbonyl (C=O) groups is 1. The van der Waals surface area contributed by atoms with Gasteiger partial charge in [0.25, 0.3) is 0 Å². The van der Waals surface area contributed by atoms with Crippen molar-refractivity contribution in [3.05, 3.63) is 41.7 Å². The number of carbonyl (C=O) groups excluding carboxylic acids is 1. The summed E-state index contributed by atoms with van der Waals surface area (Å²) in [7, 11) is -0.668. The first-order valence-electron chi connectivity index (χ1n) is 18.5. The average Bonchev–Trinajstić information content (AvgIpc) is 3.81. The Kier molecular flexibility index (Phi) is 6.93. The Hall–Kier alpha value is -3.13. The number of alkyl halides is 3. The van der Waals surface area contributed by atoms with Gasteiger partial charge >= 0.3 is 19.3 Å². The lowest BCUT2D eigenvalue weighted by molar-refractivity contribution is -0.144.